The maximum absolute atomic E-state index is 4.45. The van der Waals surface area contributed by atoms with Crippen LogP contribution in [0.5, 0.6) is 0 Å². The molecule has 1 aromatic rings. The molecule has 3 heteroatoms. The van der Waals surface area contributed by atoms with E-state index in [4.69, 9.17) is 0 Å². The van der Waals surface area contributed by atoms with Crippen molar-refractivity contribution < 1.29 is 0 Å². The van der Waals surface area contributed by atoms with Crippen LogP contribution in [0.4, 0.5) is 0 Å². The van der Waals surface area contributed by atoms with Crippen molar-refractivity contribution in [1.29, 1.82) is 0 Å². The second-order valence-electron chi connectivity index (χ2n) is 6.35. The van der Waals surface area contributed by atoms with Gasteiger partial charge < -0.3 is 5.32 Å². The summed E-state index contributed by atoms with van der Waals surface area (Å²) in [5.74, 6) is 0. The Morgan fingerprint density at radius 3 is 2.44 bits per heavy atom. The van der Waals surface area contributed by atoms with Crippen LogP contribution in [-0.4, -0.2) is 16.0 Å². The van der Waals surface area contributed by atoms with E-state index >= 15 is 0 Å². The van der Waals surface area contributed by atoms with E-state index in [9.17, 15) is 0 Å². The summed E-state index contributed by atoms with van der Waals surface area (Å²) >= 11 is 0. The van der Waals surface area contributed by atoms with E-state index in [0.29, 0.717) is 17.5 Å². The third-order valence-corrected chi connectivity index (χ3v) is 4.15. The molecule has 1 heterocycles. The predicted molar refractivity (Wildman–Crippen MR) is 74.4 cm³/mol. The van der Waals surface area contributed by atoms with Crippen molar-refractivity contribution in [1.82, 2.24) is 15.3 Å². The smallest absolute Gasteiger partial charge is 0.0782 e. The van der Waals surface area contributed by atoms with Gasteiger partial charge in [0.05, 0.1) is 11.4 Å². The molecule has 1 aliphatic rings. The first-order valence-electron chi connectivity index (χ1n) is 7.01. The molecule has 1 N–H and O–H groups in total. The van der Waals surface area contributed by atoms with Gasteiger partial charge in [-0.05, 0) is 44.9 Å². The number of hydrogen-bond acceptors (Lipinski definition) is 3. The lowest BCUT2D eigenvalue weighted by Crippen LogP contribution is -2.37. The summed E-state index contributed by atoms with van der Waals surface area (Å²) in [7, 11) is 0. The fourth-order valence-corrected chi connectivity index (χ4v) is 2.84. The topological polar surface area (TPSA) is 37.8 Å². The maximum Gasteiger partial charge on any atom is 0.0782 e. The molecule has 1 unspecified atom stereocenters. The van der Waals surface area contributed by atoms with Crippen molar-refractivity contribution in [3.05, 3.63) is 23.8 Å². The van der Waals surface area contributed by atoms with Crippen LogP contribution >= 0.6 is 0 Å². The van der Waals surface area contributed by atoms with Gasteiger partial charge in [-0.1, -0.05) is 13.8 Å². The monoisotopic (exact) mass is 247 g/mol. The molecule has 0 aliphatic heterocycles. The fraction of sp³-hybridized carbons (Fsp3) is 0.733. The summed E-state index contributed by atoms with van der Waals surface area (Å²) in [6.07, 6.45) is 8.72. The van der Waals surface area contributed by atoms with Crippen LogP contribution in [0.3, 0.4) is 0 Å². The van der Waals surface area contributed by atoms with Crippen molar-refractivity contribution in [3.63, 3.8) is 0 Å². The molecular formula is C15H25N3. The van der Waals surface area contributed by atoms with E-state index in [-0.39, 0.29) is 0 Å². The Balaban J connectivity index is 1.93. The number of nitrogens with one attached hydrogen (secondary N) is 1. The third kappa shape index (κ3) is 3.29. The van der Waals surface area contributed by atoms with Gasteiger partial charge in [0.15, 0.2) is 0 Å². The summed E-state index contributed by atoms with van der Waals surface area (Å²) in [4.78, 5) is 8.76. The summed E-state index contributed by atoms with van der Waals surface area (Å²) < 4.78 is 0. The summed E-state index contributed by atoms with van der Waals surface area (Å²) in [6.45, 7) is 8.97. The highest BCUT2D eigenvalue weighted by Gasteiger charge is 2.27. The molecule has 0 saturated heterocycles. The zero-order chi connectivity index (χ0) is 13.2. The first-order valence-corrected chi connectivity index (χ1v) is 7.01. The Morgan fingerprint density at radius 1 is 1.22 bits per heavy atom. The Kier molecular flexibility index (Phi) is 4.00. The molecule has 1 fully saturated rings. The van der Waals surface area contributed by atoms with Gasteiger partial charge in [-0.3, -0.25) is 9.97 Å². The van der Waals surface area contributed by atoms with Gasteiger partial charge in [0, 0.05) is 24.5 Å². The summed E-state index contributed by atoms with van der Waals surface area (Å²) in [5, 5.41) is 3.71. The van der Waals surface area contributed by atoms with Gasteiger partial charge in [-0.15, -0.1) is 0 Å². The average Bonchev–Trinajstić information content (AvgIpc) is 2.32. The van der Waals surface area contributed by atoms with Crippen molar-refractivity contribution in [2.24, 2.45) is 5.41 Å². The van der Waals surface area contributed by atoms with Crippen LogP contribution in [0.1, 0.15) is 63.9 Å². The number of rotatable bonds is 3. The van der Waals surface area contributed by atoms with Crippen LogP contribution in [0.25, 0.3) is 0 Å². The van der Waals surface area contributed by atoms with E-state index in [1.54, 1.807) is 12.4 Å². The van der Waals surface area contributed by atoms with Crippen molar-refractivity contribution in [2.75, 3.05) is 0 Å². The van der Waals surface area contributed by atoms with Crippen LogP contribution in [0, 0.1) is 12.3 Å². The SMILES string of the molecule is Cc1nccnc1C(C)NC1CCC(C)(C)CC1. The molecule has 3 nitrogen and oxygen atoms in total. The molecule has 1 saturated carbocycles. The minimum atomic E-state index is 0.296. The Bertz CT molecular complexity index is 390. The lowest BCUT2D eigenvalue weighted by atomic mass is 9.75. The Morgan fingerprint density at radius 2 is 1.83 bits per heavy atom. The van der Waals surface area contributed by atoms with Gasteiger partial charge in [0.2, 0.25) is 0 Å². The van der Waals surface area contributed by atoms with Crippen LogP contribution in [0.2, 0.25) is 0 Å². The highest BCUT2D eigenvalue weighted by Crippen LogP contribution is 2.35. The fourth-order valence-electron chi connectivity index (χ4n) is 2.84. The first-order chi connectivity index (χ1) is 8.48. The molecule has 0 aromatic carbocycles. The first kappa shape index (κ1) is 13.5. The van der Waals surface area contributed by atoms with Crippen molar-refractivity contribution in [3.8, 4) is 0 Å². The minimum Gasteiger partial charge on any atom is -0.306 e. The molecular weight excluding hydrogens is 222 g/mol. The van der Waals surface area contributed by atoms with Gasteiger partial charge >= 0.3 is 0 Å². The highest BCUT2D eigenvalue weighted by atomic mass is 15.0. The van der Waals surface area contributed by atoms with Crippen LogP contribution in [-0.2, 0) is 0 Å². The van der Waals surface area contributed by atoms with Crippen LogP contribution < -0.4 is 5.32 Å². The quantitative estimate of drug-likeness (QED) is 0.889. The van der Waals surface area contributed by atoms with Crippen LogP contribution in [0.15, 0.2) is 12.4 Å². The minimum absolute atomic E-state index is 0.296. The number of hydrogen-bond donors (Lipinski definition) is 1. The van der Waals surface area contributed by atoms with Gasteiger partial charge in [0.25, 0.3) is 0 Å². The number of aryl methyl sites for hydroxylation is 1. The van der Waals surface area contributed by atoms with E-state index in [1.807, 2.05) is 6.92 Å². The molecule has 0 spiro atoms. The molecule has 1 aromatic heterocycles. The second kappa shape index (κ2) is 5.35. The van der Waals surface area contributed by atoms with Crippen molar-refractivity contribution >= 4 is 0 Å². The molecule has 2 rings (SSSR count). The zero-order valence-electron chi connectivity index (χ0n) is 12.0. The average molecular weight is 247 g/mol. The number of nitrogens with zero attached hydrogens (tertiary/aromatic N) is 2. The highest BCUT2D eigenvalue weighted by molar-refractivity contribution is 5.12. The van der Waals surface area contributed by atoms with E-state index in [1.165, 1.54) is 25.7 Å². The van der Waals surface area contributed by atoms with E-state index in [2.05, 4.69) is 36.1 Å². The van der Waals surface area contributed by atoms with E-state index in [0.717, 1.165) is 11.4 Å². The molecule has 1 aliphatic carbocycles. The Hall–Kier alpha value is -0.960. The summed E-state index contributed by atoms with van der Waals surface area (Å²) in [6, 6.07) is 0.930. The third-order valence-electron chi connectivity index (χ3n) is 4.15. The lowest BCUT2D eigenvalue weighted by Gasteiger charge is -2.36. The normalized spacial score (nSPS) is 21.8. The lowest BCUT2D eigenvalue weighted by molar-refractivity contribution is 0.199. The second-order valence-corrected chi connectivity index (χ2v) is 6.35. The predicted octanol–water partition coefficient (Wildman–Crippen LogP) is 3.40. The zero-order valence-corrected chi connectivity index (χ0v) is 12.0. The molecule has 0 bridgehead atoms. The van der Waals surface area contributed by atoms with Gasteiger partial charge in [0.1, 0.15) is 0 Å². The Labute approximate surface area is 110 Å². The summed E-state index contributed by atoms with van der Waals surface area (Å²) in [5.41, 5.74) is 2.65. The molecule has 1 atom stereocenters. The van der Waals surface area contributed by atoms with E-state index < -0.39 is 0 Å². The molecule has 0 radical (unpaired) electrons. The molecule has 100 valence electrons. The van der Waals surface area contributed by atoms with Crippen molar-refractivity contribution in [2.45, 2.75) is 65.5 Å². The maximum atomic E-state index is 4.45. The molecule has 0 amide bonds. The number of aromatic nitrogens is 2. The van der Waals surface area contributed by atoms with Gasteiger partial charge in [-0.2, -0.15) is 0 Å². The van der Waals surface area contributed by atoms with Gasteiger partial charge in [-0.25, -0.2) is 0 Å². The standard InChI is InChI=1S/C15H25N3/c1-11-14(17-10-9-16-11)12(2)18-13-5-7-15(3,4)8-6-13/h9-10,12-13,18H,5-8H2,1-4H3. The largest absolute Gasteiger partial charge is 0.306 e. The molecule has 18 heavy (non-hydrogen) atoms.